The van der Waals surface area contributed by atoms with Crippen molar-refractivity contribution in [2.75, 3.05) is 14.2 Å². The maximum Gasteiger partial charge on any atom is 0.126 e. The van der Waals surface area contributed by atoms with E-state index < -0.39 is 0 Å². The summed E-state index contributed by atoms with van der Waals surface area (Å²) in [5, 5.41) is 3.26. The summed E-state index contributed by atoms with van der Waals surface area (Å²) in [6.07, 6.45) is 0.621. The highest BCUT2D eigenvalue weighted by molar-refractivity contribution is 5.37. The summed E-state index contributed by atoms with van der Waals surface area (Å²) >= 11 is 0. The van der Waals surface area contributed by atoms with Crippen molar-refractivity contribution in [3.8, 4) is 5.75 Å². The van der Waals surface area contributed by atoms with E-state index in [1.807, 2.05) is 44.3 Å². The molecule has 0 heterocycles. The Labute approximate surface area is 119 Å². The smallest absolute Gasteiger partial charge is 0.126 e. The summed E-state index contributed by atoms with van der Waals surface area (Å²) in [4.78, 5) is 0. The lowest BCUT2D eigenvalue weighted by Crippen LogP contribution is -2.20. The van der Waals surface area contributed by atoms with Gasteiger partial charge in [-0.15, -0.1) is 0 Å². The van der Waals surface area contributed by atoms with Gasteiger partial charge in [-0.1, -0.05) is 24.3 Å². The van der Waals surface area contributed by atoms with Crippen molar-refractivity contribution in [2.24, 2.45) is 0 Å². The van der Waals surface area contributed by atoms with Crippen LogP contribution in [0.5, 0.6) is 5.75 Å². The molecule has 0 aliphatic heterocycles. The Balaban J connectivity index is 2.27. The number of ether oxygens (including phenoxy) is 1. The van der Waals surface area contributed by atoms with E-state index in [1.54, 1.807) is 13.2 Å². The Bertz CT molecular complexity index is 583. The normalized spacial score (nSPS) is 12.2. The van der Waals surface area contributed by atoms with Crippen LogP contribution in [0.3, 0.4) is 0 Å². The van der Waals surface area contributed by atoms with E-state index >= 15 is 0 Å². The monoisotopic (exact) mass is 273 g/mol. The van der Waals surface area contributed by atoms with Gasteiger partial charge in [0.05, 0.1) is 7.11 Å². The van der Waals surface area contributed by atoms with Crippen LogP contribution in [0.15, 0.2) is 42.5 Å². The summed E-state index contributed by atoms with van der Waals surface area (Å²) in [5.74, 6) is 0.686. The number of hydrogen-bond acceptors (Lipinski definition) is 2. The fourth-order valence-electron chi connectivity index (χ4n) is 2.42. The number of likely N-dealkylation sites (N-methyl/N-ethyl adjacent to an activating group) is 1. The van der Waals surface area contributed by atoms with Gasteiger partial charge in [0.2, 0.25) is 0 Å². The lowest BCUT2D eigenvalue weighted by atomic mass is 9.95. The van der Waals surface area contributed by atoms with Crippen LogP contribution in [0.1, 0.15) is 22.7 Å². The van der Waals surface area contributed by atoms with Crippen molar-refractivity contribution in [3.63, 3.8) is 0 Å². The van der Waals surface area contributed by atoms with Crippen molar-refractivity contribution in [2.45, 2.75) is 19.4 Å². The second-order valence-electron chi connectivity index (χ2n) is 4.86. The summed E-state index contributed by atoms with van der Waals surface area (Å²) in [7, 11) is 3.55. The van der Waals surface area contributed by atoms with Crippen LogP contribution < -0.4 is 10.1 Å². The lowest BCUT2D eigenvalue weighted by molar-refractivity contribution is 0.414. The first-order valence-electron chi connectivity index (χ1n) is 6.71. The largest absolute Gasteiger partial charge is 0.497 e. The molecule has 2 aromatic carbocycles. The first-order chi connectivity index (χ1) is 9.65. The van der Waals surface area contributed by atoms with Gasteiger partial charge in [0.15, 0.2) is 0 Å². The molecule has 0 amide bonds. The van der Waals surface area contributed by atoms with Gasteiger partial charge in [0.1, 0.15) is 11.6 Å². The molecule has 2 aromatic rings. The second kappa shape index (κ2) is 6.53. The van der Waals surface area contributed by atoms with Crippen molar-refractivity contribution in [1.82, 2.24) is 5.32 Å². The highest BCUT2D eigenvalue weighted by Gasteiger charge is 2.15. The molecule has 2 rings (SSSR count). The van der Waals surface area contributed by atoms with Crippen LogP contribution in [0.4, 0.5) is 4.39 Å². The molecule has 1 N–H and O–H groups in total. The molecule has 0 bridgehead atoms. The maximum atomic E-state index is 13.8. The van der Waals surface area contributed by atoms with Crippen molar-refractivity contribution in [3.05, 3.63) is 65.0 Å². The number of rotatable bonds is 5. The first-order valence-corrected chi connectivity index (χ1v) is 6.71. The molecule has 0 aromatic heterocycles. The average molecular weight is 273 g/mol. The zero-order valence-corrected chi connectivity index (χ0v) is 12.1. The Kier molecular flexibility index (Phi) is 4.74. The van der Waals surface area contributed by atoms with Gasteiger partial charge < -0.3 is 10.1 Å². The quantitative estimate of drug-likeness (QED) is 0.898. The minimum Gasteiger partial charge on any atom is -0.497 e. The van der Waals surface area contributed by atoms with Crippen LogP contribution in [0.25, 0.3) is 0 Å². The van der Waals surface area contributed by atoms with E-state index in [0.29, 0.717) is 6.42 Å². The van der Waals surface area contributed by atoms with Crippen LogP contribution in [-0.4, -0.2) is 14.2 Å². The molecule has 3 heteroatoms. The number of halogens is 1. The van der Waals surface area contributed by atoms with E-state index in [9.17, 15) is 4.39 Å². The summed E-state index contributed by atoms with van der Waals surface area (Å²) in [6.45, 7) is 2.05. The number of benzene rings is 2. The van der Waals surface area contributed by atoms with Crippen LogP contribution >= 0.6 is 0 Å². The Morgan fingerprint density at radius 2 is 1.95 bits per heavy atom. The average Bonchev–Trinajstić information content (AvgIpc) is 2.47. The molecule has 0 saturated heterocycles. The first kappa shape index (κ1) is 14.5. The van der Waals surface area contributed by atoms with Gasteiger partial charge >= 0.3 is 0 Å². The van der Waals surface area contributed by atoms with E-state index in [1.165, 1.54) is 6.07 Å². The minimum absolute atomic E-state index is 0.0813. The summed E-state index contributed by atoms with van der Waals surface area (Å²) in [5.41, 5.74) is 3.03. The van der Waals surface area contributed by atoms with Crippen molar-refractivity contribution >= 4 is 0 Å². The molecule has 0 radical (unpaired) electrons. The minimum atomic E-state index is -0.154. The van der Waals surface area contributed by atoms with Crippen LogP contribution in [-0.2, 0) is 6.42 Å². The molecule has 0 spiro atoms. The molecule has 0 aliphatic carbocycles. The molecule has 1 atom stereocenters. The van der Waals surface area contributed by atoms with Gasteiger partial charge in [-0.25, -0.2) is 4.39 Å². The second-order valence-corrected chi connectivity index (χ2v) is 4.86. The molecule has 106 valence electrons. The topological polar surface area (TPSA) is 21.3 Å². The lowest BCUT2D eigenvalue weighted by Gasteiger charge is -2.20. The Morgan fingerprint density at radius 3 is 2.55 bits per heavy atom. The molecule has 2 nitrogen and oxygen atoms in total. The van der Waals surface area contributed by atoms with Crippen molar-refractivity contribution in [1.29, 1.82) is 0 Å². The Hall–Kier alpha value is -1.87. The van der Waals surface area contributed by atoms with E-state index in [2.05, 4.69) is 5.32 Å². The highest BCUT2D eigenvalue weighted by Crippen LogP contribution is 2.25. The highest BCUT2D eigenvalue weighted by atomic mass is 19.1. The third-order valence-corrected chi connectivity index (χ3v) is 3.58. The van der Waals surface area contributed by atoms with Gasteiger partial charge in [0.25, 0.3) is 0 Å². The van der Waals surface area contributed by atoms with Gasteiger partial charge in [0, 0.05) is 6.04 Å². The number of methoxy groups -OCH3 is 1. The van der Waals surface area contributed by atoms with E-state index in [-0.39, 0.29) is 11.9 Å². The molecular weight excluding hydrogens is 253 g/mol. The standard InChI is InChI=1S/C17H20FNO/c1-12-10-14(20-3)8-9-15(12)17(19-2)11-13-6-4-5-7-16(13)18/h4-10,17,19H,11H2,1-3H3. The van der Waals surface area contributed by atoms with Crippen LogP contribution in [0, 0.1) is 12.7 Å². The molecule has 1 unspecified atom stereocenters. The van der Waals surface area contributed by atoms with Crippen LogP contribution in [0.2, 0.25) is 0 Å². The predicted molar refractivity (Wildman–Crippen MR) is 79.6 cm³/mol. The molecule has 0 aliphatic rings. The zero-order chi connectivity index (χ0) is 14.5. The Morgan fingerprint density at radius 1 is 1.20 bits per heavy atom. The molecule has 0 saturated carbocycles. The number of aryl methyl sites for hydroxylation is 1. The van der Waals surface area contributed by atoms with E-state index in [4.69, 9.17) is 4.74 Å². The third kappa shape index (κ3) is 3.17. The number of hydrogen-bond donors (Lipinski definition) is 1. The summed E-state index contributed by atoms with van der Waals surface area (Å²) in [6, 6.07) is 13.0. The zero-order valence-electron chi connectivity index (χ0n) is 12.1. The molecule has 0 fully saturated rings. The molecular formula is C17H20FNO. The predicted octanol–water partition coefficient (Wildman–Crippen LogP) is 3.65. The number of nitrogens with one attached hydrogen (secondary N) is 1. The van der Waals surface area contributed by atoms with Gasteiger partial charge in [-0.05, 0) is 55.3 Å². The van der Waals surface area contributed by atoms with E-state index in [0.717, 1.165) is 22.4 Å². The van der Waals surface area contributed by atoms with Gasteiger partial charge in [-0.3, -0.25) is 0 Å². The SMILES string of the molecule is CNC(Cc1ccccc1F)c1ccc(OC)cc1C. The fraction of sp³-hybridized carbons (Fsp3) is 0.294. The molecule has 20 heavy (non-hydrogen) atoms. The summed E-state index contributed by atoms with van der Waals surface area (Å²) < 4.78 is 19.0. The van der Waals surface area contributed by atoms with Crippen molar-refractivity contribution < 1.29 is 9.13 Å². The van der Waals surface area contributed by atoms with Gasteiger partial charge in [-0.2, -0.15) is 0 Å². The third-order valence-electron chi connectivity index (χ3n) is 3.58. The maximum absolute atomic E-state index is 13.8. The fourth-order valence-corrected chi connectivity index (χ4v) is 2.42.